The number of aromatic hydroxyl groups is 1. The maximum atomic E-state index is 12.8. The number of phenols is 1. The van der Waals surface area contributed by atoms with E-state index in [1.807, 2.05) is 19.9 Å². The first-order valence-corrected chi connectivity index (χ1v) is 10.3. The molecule has 0 fully saturated rings. The number of halogens is 1. The van der Waals surface area contributed by atoms with Gasteiger partial charge in [0.05, 0.1) is 21.9 Å². The Morgan fingerprint density at radius 1 is 1.38 bits per heavy atom. The number of ether oxygens (including phenoxy) is 1. The van der Waals surface area contributed by atoms with Crippen LogP contribution in [0.15, 0.2) is 41.6 Å². The topological polar surface area (TPSA) is 76.7 Å². The summed E-state index contributed by atoms with van der Waals surface area (Å²) < 4.78 is 7.60. The van der Waals surface area contributed by atoms with Crippen LogP contribution in [-0.4, -0.2) is 26.1 Å². The van der Waals surface area contributed by atoms with Crippen LogP contribution in [0.2, 0.25) is 5.02 Å². The number of hydrogen-bond acceptors (Lipinski definition) is 6. The highest BCUT2D eigenvalue weighted by atomic mass is 35.5. The number of aromatic nitrogens is 3. The number of fused-ring (bicyclic) bond motifs is 1. The molecule has 6 nitrogen and oxygen atoms in total. The third-order valence-corrected chi connectivity index (χ3v) is 5.70. The summed E-state index contributed by atoms with van der Waals surface area (Å²) in [5.41, 5.74) is 3.17. The van der Waals surface area contributed by atoms with Crippen LogP contribution in [0.25, 0.3) is 22.3 Å². The molecule has 0 aliphatic carbocycles. The van der Waals surface area contributed by atoms with Gasteiger partial charge in [0.15, 0.2) is 16.5 Å². The summed E-state index contributed by atoms with van der Waals surface area (Å²) in [5.74, 6) is 0.200. The Hall–Kier alpha value is -2.90. The number of aryl methyl sites for hydroxylation is 1. The molecule has 3 aromatic heterocycles. The van der Waals surface area contributed by atoms with E-state index >= 15 is 0 Å². The van der Waals surface area contributed by atoms with Crippen molar-refractivity contribution in [3.63, 3.8) is 0 Å². The van der Waals surface area contributed by atoms with Crippen LogP contribution in [0.4, 0.5) is 0 Å². The van der Waals surface area contributed by atoms with E-state index in [0.29, 0.717) is 33.1 Å². The van der Waals surface area contributed by atoms with Gasteiger partial charge in [-0.15, -0.1) is 0 Å². The van der Waals surface area contributed by atoms with Crippen molar-refractivity contribution in [1.82, 2.24) is 14.4 Å². The lowest BCUT2D eigenvalue weighted by Gasteiger charge is -2.09. The van der Waals surface area contributed by atoms with Crippen LogP contribution in [0.5, 0.6) is 11.5 Å². The first kappa shape index (κ1) is 19.4. The van der Waals surface area contributed by atoms with Gasteiger partial charge in [0.2, 0.25) is 0 Å². The van der Waals surface area contributed by atoms with Crippen molar-refractivity contribution >= 4 is 34.0 Å². The minimum atomic E-state index is -0.162. The third kappa shape index (κ3) is 3.71. The average Bonchev–Trinajstić information content (AvgIpc) is 3.23. The van der Waals surface area contributed by atoms with Crippen LogP contribution in [0.1, 0.15) is 24.5 Å². The number of hydrogen-bond donors (Lipinski definition) is 1. The Morgan fingerprint density at radius 2 is 2.21 bits per heavy atom. The first-order valence-electron chi connectivity index (χ1n) is 9.08. The number of nitrogens with zero attached hydrogens (tertiary/aromatic N) is 3. The number of pyridine rings is 1. The monoisotopic (exact) mass is 427 g/mol. The van der Waals surface area contributed by atoms with Gasteiger partial charge in [-0.05, 0) is 48.7 Å². The Labute approximate surface area is 175 Å². The number of benzene rings is 1. The highest BCUT2D eigenvalue weighted by molar-refractivity contribution is 7.15. The van der Waals surface area contributed by atoms with Crippen molar-refractivity contribution in [2.75, 3.05) is 6.61 Å². The highest BCUT2D eigenvalue weighted by Gasteiger charge is 2.13. The summed E-state index contributed by atoms with van der Waals surface area (Å²) in [6.45, 7) is 4.42. The van der Waals surface area contributed by atoms with Gasteiger partial charge in [-0.25, -0.2) is 4.98 Å². The van der Waals surface area contributed by atoms with Gasteiger partial charge in [-0.3, -0.25) is 14.2 Å². The second-order valence-corrected chi connectivity index (χ2v) is 8.00. The molecule has 0 aliphatic heterocycles. The van der Waals surface area contributed by atoms with Gasteiger partial charge in [-0.1, -0.05) is 29.9 Å². The number of thiazole rings is 1. The average molecular weight is 428 g/mol. The fourth-order valence-electron chi connectivity index (χ4n) is 2.95. The van der Waals surface area contributed by atoms with Gasteiger partial charge >= 0.3 is 0 Å². The van der Waals surface area contributed by atoms with Crippen LogP contribution in [0, 0.1) is 6.92 Å². The SMILES string of the molecule is CCCOc1cc(C=c2sc3nc(-c4cnccc4C)cn3c2=O)cc(Cl)c1O. The molecule has 0 amide bonds. The molecule has 0 bridgehead atoms. The molecule has 8 heteroatoms. The van der Waals surface area contributed by atoms with E-state index in [0.717, 1.165) is 17.5 Å². The van der Waals surface area contributed by atoms with Crippen LogP contribution < -0.4 is 14.8 Å². The Balaban J connectivity index is 1.77. The zero-order chi connectivity index (χ0) is 20.5. The molecule has 0 unspecified atom stereocenters. The predicted octanol–water partition coefficient (Wildman–Crippen LogP) is 3.82. The number of imidazole rings is 1. The van der Waals surface area contributed by atoms with E-state index in [-0.39, 0.29) is 16.3 Å². The molecule has 3 heterocycles. The van der Waals surface area contributed by atoms with Gasteiger partial charge < -0.3 is 9.84 Å². The van der Waals surface area contributed by atoms with E-state index in [1.165, 1.54) is 15.7 Å². The van der Waals surface area contributed by atoms with Crippen LogP contribution in [-0.2, 0) is 0 Å². The molecule has 0 saturated heterocycles. The zero-order valence-electron chi connectivity index (χ0n) is 15.8. The summed E-state index contributed by atoms with van der Waals surface area (Å²) in [4.78, 5) is 22.2. The van der Waals surface area contributed by atoms with E-state index in [4.69, 9.17) is 16.3 Å². The largest absolute Gasteiger partial charge is 0.503 e. The molecule has 148 valence electrons. The molecule has 1 N–H and O–H groups in total. The normalized spacial score (nSPS) is 12.0. The molecule has 0 radical (unpaired) electrons. The summed E-state index contributed by atoms with van der Waals surface area (Å²) >= 11 is 7.41. The van der Waals surface area contributed by atoms with E-state index in [9.17, 15) is 9.90 Å². The first-order chi connectivity index (χ1) is 14.0. The lowest BCUT2D eigenvalue weighted by molar-refractivity contribution is 0.299. The minimum absolute atomic E-state index is 0.0999. The summed E-state index contributed by atoms with van der Waals surface area (Å²) in [6.07, 6.45) is 7.73. The second kappa shape index (κ2) is 7.85. The summed E-state index contributed by atoms with van der Waals surface area (Å²) in [5, 5.41) is 10.2. The molecule has 0 aliphatic rings. The van der Waals surface area contributed by atoms with Gasteiger partial charge in [0.25, 0.3) is 5.56 Å². The maximum absolute atomic E-state index is 12.8. The fourth-order valence-corrected chi connectivity index (χ4v) is 4.12. The Bertz CT molecular complexity index is 1310. The van der Waals surface area contributed by atoms with Crippen molar-refractivity contribution in [1.29, 1.82) is 0 Å². The molecular formula is C21H18ClN3O3S. The van der Waals surface area contributed by atoms with Gasteiger partial charge in [0.1, 0.15) is 0 Å². The quantitative estimate of drug-likeness (QED) is 0.524. The van der Waals surface area contributed by atoms with E-state index < -0.39 is 0 Å². The molecule has 4 rings (SSSR count). The third-order valence-electron chi connectivity index (χ3n) is 4.43. The van der Waals surface area contributed by atoms with Gasteiger partial charge in [0, 0.05) is 24.2 Å². The predicted molar refractivity (Wildman–Crippen MR) is 115 cm³/mol. The maximum Gasteiger partial charge on any atom is 0.274 e. The van der Waals surface area contributed by atoms with Crippen molar-refractivity contribution in [2.45, 2.75) is 20.3 Å². The molecule has 29 heavy (non-hydrogen) atoms. The lowest BCUT2D eigenvalue weighted by atomic mass is 10.1. The van der Waals surface area contributed by atoms with Crippen molar-refractivity contribution in [2.24, 2.45) is 0 Å². The zero-order valence-corrected chi connectivity index (χ0v) is 17.4. The lowest BCUT2D eigenvalue weighted by Crippen LogP contribution is -2.22. The summed E-state index contributed by atoms with van der Waals surface area (Å²) in [7, 11) is 0. The smallest absolute Gasteiger partial charge is 0.274 e. The number of rotatable bonds is 5. The molecule has 0 saturated carbocycles. The standard InChI is InChI=1S/C21H18ClN3O3S/c1-3-6-28-17-8-13(7-15(22)19(17)26)9-18-20(27)25-11-16(24-21(25)29-18)14-10-23-5-4-12(14)2/h4-5,7-11,26H,3,6H2,1-2H3. The molecule has 1 aromatic carbocycles. The Kier molecular flexibility index (Phi) is 5.25. The number of phenolic OH excluding ortho intramolecular Hbond substituents is 1. The minimum Gasteiger partial charge on any atom is -0.503 e. The van der Waals surface area contributed by atoms with Crippen molar-refractivity contribution in [3.05, 3.63) is 67.8 Å². The van der Waals surface area contributed by atoms with Crippen molar-refractivity contribution < 1.29 is 9.84 Å². The van der Waals surface area contributed by atoms with Crippen LogP contribution in [0.3, 0.4) is 0 Å². The fraction of sp³-hybridized carbons (Fsp3) is 0.190. The molecular weight excluding hydrogens is 410 g/mol. The molecule has 0 atom stereocenters. The van der Waals surface area contributed by atoms with E-state index in [1.54, 1.807) is 36.8 Å². The van der Waals surface area contributed by atoms with E-state index in [2.05, 4.69) is 9.97 Å². The van der Waals surface area contributed by atoms with Gasteiger partial charge in [-0.2, -0.15) is 0 Å². The summed E-state index contributed by atoms with van der Waals surface area (Å²) in [6, 6.07) is 5.18. The van der Waals surface area contributed by atoms with Crippen molar-refractivity contribution in [3.8, 4) is 22.8 Å². The second-order valence-electron chi connectivity index (χ2n) is 6.58. The van der Waals surface area contributed by atoms with Crippen LogP contribution >= 0.6 is 22.9 Å². The molecule has 0 spiro atoms. The Morgan fingerprint density at radius 3 is 2.93 bits per heavy atom. The highest BCUT2D eigenvalue weighted by Crippen LogP contribution is 2.35. The molecule has 4 aromatic rings.